The molecule has 0 bridgehead atoms. The molecule has 0 spiro atoms. The van der Waals surface area contributed by atoms with E-state index in [1.165, 1.54) is 11.8 Å². The number of hydrogen-bond acceptors (Lipinski definition) is 4. The predicted molar refractivity (Wildman–Crippen MR) is 59.7 cm³/mol. The van der Waals surface area contributed by atoms with Crippen LogP contribution < -0.4 is 5.32 Å². The summed E-state index contributed by atoms with van der Waals surface area (Å²) < 4.78 is 0. The first-order chi connectivity index (χ1) is 6.99. The normalized spacial score (nSPS) is 12.9. The van der Waals surface area contributed by atoms with E-state index in [1.807, 2.05) is 27.7 Å². The van der Waals surface area contributed by atoms with Gasteiger partial charge in [0.25, 0.3) is 0 Å². The lowest BCUT2D eigenvalue weighted by atomic mass is 10.3. The summed E-state index contributed by atoms with van der Waals surface area (Å²) in [5.41, 5.74) is 0. The van der Waals surface area contributed by atoms with Crippen LogP contribution in [0, 0.1) is 6.92 Å². The van der Waals surface area contributed by atoms with E-state index in [4.69, 9.17) is 0 Å². The van der Waals surface area contributed by atoms with Gasteiger partial charge >= 0.3 is 0 Å². The third-order valence-electron chi connectivity index (χ3n) is 1.66. The quantitative estimate of drug-likeness (QED) is 0.758. The van der Waals surface area contributed by atoms with E-state index in [0.717, 1.165) is 5.82 Å². The van der Waals surface area contributed by atoms with Gasteiger partial charge in [0.1, 0.15) is 5.82 Å². The van der Waals surface area contributed by atoms with Crippen LogP contribution in [0.4, 0.5) is 0 Å². The molecule has 1 aromatic rings. The van der Waals surface area contributed by atoms with Crippen molar-refractivity contribution < 1.29 is 4.79 Å². The molecule has 2 N–H and O–H groups in total. The minimum absolute atomic E-state index is 0.0115. The monoisotopic (exact) mass is 228 g/mol. The van der Waals surface area contributed by atoms with E-state index in [2.05, 4.69) is 20.5 Å². The second-order valence-corrected chi connectivity index (χ2v) is 4.93. The van der Waals surface area contributed by atoms with E-state index < -0.39 is 0 Å². The number of thioether (sulfide) groups is 1. The number of H-pyrrole nitrogens is 1. The molecule has 1 heterocycles. The molecule has 1 unspecified atom stereocenters. The average Bonchev–Trinajstić information content (AvgIpc) is 2.50. The Morgan fingerprint density at radius 3 is 2.60 bits per heavy atom. The standard InChI is InChI=1S/C9H16N4OS/c1-5(2)10-8(14)6(3)15-9-11-7(4)12-13-9/h5-6H,1-4H3,(H,10,14)(H,11,12,13). The number of nitrogens with one attached hydrogen (secondary N) is 2. The van der Waals surface area contributed by atoms with Crippen molar-refractivity contribution in [1.82, 2.24) is 20.5 Å². The molecule has 84 valence electrons. The van der Waals surface area contributed by atoms with Crippen LogP contribution in [0.5, 0.6) is 0 Å². The van der Waals surface area contributed by atoms with Crippen molar-refractivity contribution in [2.24, 2.45) is 0 Å². The van der Waals surface area contributed by atoms with E-state index in [9.17, 15) is 4.79 Å². The molecule has 0 saturated heterocycles. The van der Waals surface area contributed by atoms with Crippen molar-refractivity contribution in [3.8, 4) is 0 Å². The van der Waals surface area contributed by atoms with E-state index in [1.54, 1.807) is 0 Å². The molecule has 0 fully saturated rings. The highest BCUT2D eigenvalue weighted by molar-refractivity contribution is 8.00. The summed E-state index contributed by atoms with van der Waals surface area (Å²) in [4.78, 5) is 15.7. The zero-order valence-corrected chi connectivity index (χ0v) is 10.2. The van der Waals surface area contributed by atoms with Crippen LogP contribution in [0.15, 0.2) is 5.16 Å². The first-order valence-electron chi connectivity index (χ1n) is 4.85. The van der Waals surface area contributed by atoms with Gasteiger partial charge in [0.15, 0.2) is 0 Å². The maximum Gasteiger partial charge on any atom is 0.233 e. The number of nitrogens with zero attached hydrogens (tertiary/aromatic N) is 2. The molecular weight excluding hydrogens is 212 g/mol. The fraction of sp³-hybridized carbons (Fsp3) is 0.667. The van der Waals surface area contributed by atoms with Crippen molar-refractivity contribution in [2.45, 2.75) is 44.1 Å². The largest absolute Gasteiger partial charge is 0.353 e. The average molecular weight is 228 g/mol. The van der Waals surface area contributed by atoms with Crippen LogP contribution >= 0.6 is 11.8 Å². The Kier molecular flexibility index (Phi) is 4.14. The van der Waals surface area contributed by atoms with Crippen molar-refractivity contribution >= 4 is 17.7 Å². The van der Waals surface area contributed by atoms with Gasteiger partial charge in [-0.05, 0) is 27.7 Å². The minimum atomic E-state index is -0.178. The van der Waals surface area contributed by atoms with Crippen molar-refractivity contribution in [3.05, 3.63) is 5.82 Å². The summed E-state index contributed by atoms with van der Waals surface area (Å²) in [5, 5.41) is 9.98. The van der Waals surface area contributed by atoms with Gasteiger partial charge in [0.05, 0.1) is 5.25 Å². The number of aromatic amines is 1. The summed E-state index contributed by atoms with van der Waals surface area (Å²) >= 11 is 1.35. The number of aryl methyl sites for hydroxylation is 1. The molecule has 0 radical (unpaired) electrons. The third kappa shape index (κ3) is 3.91. The lowest BCUT2D eigenvalue weighted by Gasteiger charge is -2.12. The van der Waals surface area contributed by atoms with Crippen molar-refractivity contribution in [1.29, 1.82) is 0 Å². The topological polar surface area (TPSA) is 70.7 Å². The zero-order chi connectivity index (χ0) is 11.4. The van der Waals surface area contributed by atoms with E-state index in [-0.39, 0.29) is 17.2 Å². The molecule has 6 heteroatoms. The van der Waals surface area contributed by atoms with Gasteiger partial charge in [-0.15, -0.1) is 5.10 Å². The highest BCUT2D eigenvalue weighted by Gasteiger charge is 2.16. The van der Waals surface area contributed by atoms with Gasteiger partial charge in [-0.25, -0.2) is 4.98 Å². The number of carbonyl (C=O) groups is 1. The van der Waals surface area contributed by atoms with Crippen LogP contribution in [0.25, 0.3) is 0 Å². The smallest absolute Gasteiger partial charge is 0.233 e. The molecule has 15 heavy (non-hydrogen) atoms. The number of carbonyl (C=O) groups excluding carboxylic acids is 1. The molecule has 1 amide bonds. The molecule has 0 aliphatic carbocycles. The molecule has 1 rings (SSSR count). The first-order valence-corrected chi connectivity index (χ1v) is 5.73. The number of rotatable bonds is 4. The van der Waals surface area contributed by atoms with Crippen LogP contribution in [0.1, 0.15) is 26.6 Å². The predicted octanol–water partition coefficient (Wildman–Crippen LogP) is 1.12. The van der Waals surface area contributed by atoms with Gasteiger partial charge in [0, 0.05) is 6.04 Å². The fourth-order valence-electron chi connectivity index (χ4n) is 0.988. The van der Waals surface area contributed by atoms with Gasteiger partial charge < -0.3 is 5.32 Å². The number of aromatic nitrogens is 3. The third-order valence-corrected chi connectivity index (χ3v) is 2.62. The van der Waals surface area contributed by atoms with E-state index in [0.29, 0.717) is 5.16 Å². The molecule has 0 aromatic carbocycles. The Bertz CT molecular complexity index is 337. The summed E-state index contributed by atoms with van der Waals surface area (Å²) in [6, 6.07) is 0.162. The summed E-state index contributed by atoms with van der Waals surface area (Å²) in [7, 11) is 0. The summed E-state index contributed by atoms with van der Waals surface area (Å²) in [5.74, 6) is 0.770. The van der Waals surface area contributed by atoms with Crippen LogP contribution in [0.3, 0.4) is 0 Å². The lowest BCUT2D eigenvalue weighted by Crippen LogP contribution is -2.35. The van der Waals surface area contributed by atoms with Crippen molar-refractivity contribution in [3.63, 3.8) is 0 Å². The first kappa shape index (κ1) is 12.0. The van der Waals surface area contributed by atoms with Gasteiger partial charge in [-0.2, -0.15) is 0 Å². The molecule has 0 saturated carbocycles. The molecule has 5 nitrogen and oxygen atoms in total. The maximum atomic E-state index is 11.6. The van der Waals surface area contributed by atoms with E-state index >= 15 is 0 Å². The highest BCUT2D eigenvalue weighted by Crippen LogP contribution is 2.18. The van der Waals surface area contributed by atoms with Crippen molar-refractivity contribution in [2.75, 3.05) is 0 Å². The van der Waals surface area contributed by atoms with Crippen LogP contribution in [0.2, 0.25) is 0 Å². The maximum absolute atomic E-state index is 11.6. The lowest BCUT2D eigenvalue weighted by molar-refractivity contribution is -0.120. The summed E-state index contributed by atoms with van der Waals surface area (Å²) in [6.45, 7) is 7.54. The SMILES string of the molecule is Cc1nc(SC(C)C(=O)NC(C)C)n[nH]1. The molecule has 1 atom stereocenters. The molecule has 1 aromatic heterocycles. The molecular formula is C9H16N4OS. The number of hydrogen-bond donors (Lipinski definition) is 2. The minimum Gasteiger partial charge on any atom is -0.353 e. The Morgan fingerprint density at radius 2 is 2.13 bits per heavy atom. The zero-order valence-electron chi connectivity index (χ0n) is 9.37. The van der Waals surface area contributed by atoms with Crippen LogP contribution in [-0.2, 0) is 4.79 Å². The second-order valence-electron chi connectivity index (χ2n) is 3.63. The molecule has 0 aliphatic heterocycles. The highest BCUT2D eigenvalue weighted by atomic mass is 32.2. The van der Waals surface area contributed by atoms with Gasteiger partial charge in [0.2, 0.25) is 11.1 Å². The fourth-order valence-corrected chi connectivity index (χ4v) is 1.77. The Balaban J connectivity index is 2.48. The van der Waals surface area contributed by atoms with Crippen LogP contribution in [-0.4, -0.2) is 32.4 Å². The molecule has 0 aliphatic rings. The van der Waals surface area contributed by atoms with Gasteiger partial charge in [-0.1, -0.05) is 11.8 Å². The Labute approximate surface area is 93.4 Å². The summed E-state index contributed by atoms with van der Waals surface area (Å²) in [6.07, 6.45) is 0. The Morgan fingerprint density at radius 1 is 1.47 bits per heavy atom. The second kappa shape index (κ2) is 5.16. The number of amides is 1. The Hall–Kier alpha value is -1.04. The van der Waals surface area contributed by atoms with Gasteiger partial charge in [-0.3, -0.25) is 9.89 Å².